The van der Waals surface area contributed by atoms with Crippen LogP contribution in [0.1, 0.15) is 6.42 Å². The third-order valence-electron chi connectivity index (χ3n) is 2.17. The Balaban J connectivity index is 2.48. The van der Waals surface area contributed by atoms with Crippen molar-refractivity contribution in [2.45, 2.75) is 12.5 Å². The average Bonchev–Trinajstić information content (AvgIpc) is 2.62. The lowest BCUT2D eigenvalue weighted by Gasteiger charge is -2.17. The second-order valence-corrected chi connectivity index (χ2v) is 4.58. The van der Waals surface area contributed by atoms with Crippen LogP contribution in [-0.2, 0) is 19.2 Å². The summed E-state index contributed by atoms with van der Waals surface area (Å²) < 4.78 is 0. The quantitative estimate of drug-likeness (QED) is 0.543. The lowest BCUT2D eigenvalue weighted by molar-refractivity contribution is -0.147. The van der Waals surface area contributed by atoms with Crippen molar-refractivity contribution < 1.29 is 29.4 Å². The molecule has 1 saturated heterocycles. The molecule has 1 fully saturated rings. The Labute approximate surface area is 106 Å². The van der Waals surface area contributed by atoms with Gasteiger partial charge in [0.05, 0.1) is 18.1 Å². The third-order valence-corrected chi connectivity index (χ3v) is 3.12. The molecule has 1 rings (SSSR count). The molecule has 0 aliphatic carbocycles. The minimum atomic E-state index is -1.49. The Morgan fingerprint density at radius 1 is 1.39 bits per heavy atom. The van der Waals surface area contributed by atoms with E-state index in [0.29, 0.717) is 11.6 Å². The Morgan fingerprint density at radius 2 is 2.06 bits per heavy atom. The van der Waals surface area contributed by atoms with E-state index in [1.807, 2.05) is 0 Å². The number of hydrogen-bond donors (Lipinski definition) is 3. The maximum absolute atomic E-state index is 11.5. The van der Waals surface area contributed by atoms with E-state index >= 15 is 0 Å². The van der Waals surface area contributed by atoms with Crippen LogP contribution in [0.4, 0.5) is 0 Å². The van der Waals surface area contributed by atoms with Gasteiger partial charge in [0.25, 0.3) is 0 Å². The summed E-state index contributed by atoms with van der Waals surface area (Å²) in [4.78, 5) is 45.1. The van der Waals surface area contributed by atoms with Crippen molar-refractivity contribution in [2.75, 3.05) is 18.2 Å². The number of carbonyl (C=O) groups is 4. The van der Waals surface area contributed by atoms with Crippen LogP contribution >= 0.6 is 11.8 Å². The Kier molecular flexibility index (Phi) is 4.95. The van der Waals surface area contributed by atoms with E-state index in [4.69, 9.17) is 10.2 Å². The van der Waals surface area contributed by atoms with Gasteiger partial charge < -0.3 is 20.4 Å². The van der Waals surface area contributed by atoms with Crippen LogP contribution in [-0.4, -0.2) is 63.1 Å². The Morgan fingerprint density at radius 3 is 2.50 bits per heavy atom. The fraction of sp³-hybridized carbons (Fsp3) is 0.556. The molecule has 9 heteroatoms. The van der Waals surface area contributed by atoms with Crippen molar-refractivity contribution >= 4 is 35.5 Å². The standard InChI is InChI=1S/C9H12N2O6S/c12-6(2-11-4-18-3-7(11)13)10-5(9(16)17)1-8(14)15/h5H,1-4H2,(H,10,12)(H,14,15)(H,16,17)/t5-/m0/s1. The molecule has 18 heavy (non-hydrogen) atoms. The molecule has 0 saturated carbocycles. The van der Waals surface area contributed by atoms with Crippen molar-refractivity contribution in [3.63, 3.8) is 0 Å². The maximum atomic E-state index is 11.5. The molecule has 0 spiro atoms. The Hall–Kier alpha value is -1.77. The molecule has 0 aromatic carbocycles. The molecular formula is C9H12N2O6S. The second kappa shape index (κ2) is 6.24. The summed E-state index contributed by atoms with van der Waals surface area (Å²) in [5.41, 5.74) is 0. The van der Waals surface area contributed by atoms with Gasteiger partial charge >= 0.3 is 11.9 Å². The number of carboxylic acids is 2. The van der Waals surface area contributed by atoms with Crippen LogP contribution in [0.3, 0.4) is 0 Å². The molecule has 0 bridgehead atoms. The number of thioether (sulfide) groups is 1. The molecular weight excluding hydrogens is 264 g/mol. The minimum Gasteiger partial charge on any atom is -0.481 e. The molecule has 1 aliphatic rings. The fourth-order valence-electron chi connectivity index (χ4n) is 1.33. The summed E-state index contributed by atoms with van der Waals surface area (Å²) in [6, 6.07) is -1.49. The highest BCUT2D eigenvalue weighted by Gasteiger charge is 2.27. The molecule has 1 aliphatic heterocycles. The maximum Gasteiger partial charge on any atom is 0.326 e. The highest BCUT2D eigenvalue weighted by molar-refractivity contribution is 8.00. The number of carbonyl (C=O) groups excluding carboxylic acids is 2. The van der Waals surface area contributed by atoms with Crippen LogP contribution in [0.25, 0.3) is 0 Å². The average molecular weight is 276 g/mol. The molecule has 0 unspecified atom stereocenters. The van der Waals surface area contributed by atoms with E-state index in [1.54, 1.807) is 0 Å². The van der Waals surface area contributed by atoms with Crippen molar-refractivity contribution in [3.8, 4) is 0 Å². The predicted octanol–water partition coefficient (Wildman–Crippen LogP) is -1.44. The van der Waals surface area contributed by atoms with Gasteiger partial charge in [-0.25, -0.2) is 4.79 Å². The first-order valence-corrected chi connectivity index (χ1v) is 6.15. The molecule has 0 radical (unpaired) electrons. The summed E-state index contributed by atoms with van der Waals surface area (Å²) in [6.07, 6.45) is -0.705. The van der Waals surface area contributed by atoms with Crippen LogP contribution in [0.15, 0.2) is 0 Å². The lowest BCUT2D eigenvalue weighted by atomic mass is 10.2. The van der Waals surface area contributed by atoms with Crippen LogP contribution < -0.4 is 5.32 Å². The molecule has 2 amide bonds. The molecule has 100 valence electrons. The normalized spacial score (nSPS) is 16.4. The SMILES string of the molecule is O=C(O)C[C@H](NC(=O)CN1CSCC1=O)C(=O)O. The molecule has 1 atom stereocenters. The zero-order chi connectivity index (χ0) is 13.7. The first-order chi connectivity index (χ1) is 8.40. The predicted molar refractivity (Wildman–Crippen MR) is 60.9 cm³/mol. The monoisotopic (exact) mass is 276 g/mol. The van der Waals surface area contributed by atoms with Gasteiger partial charge in [-0.1, -0.05) is 0 Å². The first-order valence-electron chi connectivity index (χ1n) is 4.99. The third kappa shape index (κ3) is 4.24. The number of amides is 2. The number of nitrogens with zero attached hydrogens (tertiary/aromatic N) is 1. The molecule has 1 heterocycles. The summed E-state index contributed by atoms with van der Waals surface area (Å²) in [6.45, 7) is -0.255. The van der Waals surface area contributed by atoms with Crippen molar-refractivity contribution in [1.82, 2.24) is 10.2 Å². The van der Waals surface area contributed by atoms with Crippen molar-refractivity contribution in [3.05, 3.63) is 0 Å². The van der Waals surface area contributed by atoms with E-state index in [-0.39, 0.29) is 12.5 Å². The van der Waals surface area contributed by atoms with Crippen LogP contribution in [0, 0.1) is 0 Å². The van der Waals surface area contributed by atoms with Gasteiger partial charge in [-0.3, -0.25) is 14.4 Å². The number of aliphatic carboxylic acids is 2. The second-order valence-electron chi connectivity index (χ2n) is 3.63. The summed E-state index contributed by atoms with van der Waals surface area (Å²) >= 11 is 1.35. The number of carboxylic acid groups (broad SMARTS) is 2. The fourth-order valence-corrected chi connectivity index (χ4v) is 2.23. The summed E-state index contributed by atoms with van der Waals surface area (Å²) in [5, 5.41) is 19.3. The van der Waals surface area contributed by atoms with Gasteiger partial charge in [0.15, 0.2) is 0 Å². The van der Waals surface area contributed by atoms with E-state index in [2.05, 4.69) is 5.32 Å². The molecule has 0 aromatic rings. The topological polar surface area (TPSA) is 124 Å². The smallest absolute Gasteiger partial charge is 0.326 e. The zero-order valence-corrected chi connectivity index (χ0v) is 10.1. The summed E-state index contributed by atoms with van der Waals surface area (Å²) in [7, 11) is 0. The van der Waals surface area contributed by atoms with E-state index in [9.17, 15) is 19.2 Å². The Bertz CT molecular complexity index is 385. The van der Waals surface area contributed by atoms with Gasteiger partial charge in [-0.2, -0.15) is 0 Å². The molecule has 8 nitrogen and oxygen atoms in total. The zero-order valence-electron chi connectivity index (χ0n) is 9.29. The van der Waals surface area contributed by atoms with E-state index in [0.717, 1.165) is 0 Å². The van der Waals surface area contributed by atoms with Gasteiger partial charge in [-0.15, -0.1) is 11.8 Å². The van der Waals surface area contributed by atoms with E-state index in [1.165, 1.54) is 16.7 Å². The van der Waals surface area contributed by atoms with E-state index < -0.39 is 30.3 Å². The number of rotatable bonds is 6. The van der Waals surface area contributed by atoms with Crippen molar-refractivity contribution in [1.29, 1.82) is 0 Å². The largest absolute Gasteiger partial charge is 0.481 e. The minimum absolute atomic E-state index is 0.194. The van der Waals surface area contributed by atoms with Crippen LogP contribution in [0.2, 0.25) is 0 Å². The number of hydrogen-bond acceptors (Lipinski definition) is 5. The molecule has 3 N–H and O–H groups in total. The highest BCUT2D eigenvalue weighted by atomic mass is 32.2. The molecule has 0 aromatic heterocycles. The van der Waals surface area contributed by atoms with Crippen molar-refractivity contribution in [2.24, 2.45) is 0 Å². The van der Waals surface area contributed by atoms with Gasteiger partial charge in [0.2, 0.25) is 11.8 Å². The van der Waals surface area contributed by atoms with Gasteiger partial charge in [-0.05, 0) is 0 Å². The van der Waals surface area contributed by atoms with Gasteiger partial charge in [0.1, 0.15) is 12.6 Å². The van der Waals surface area contributed by atoms with Gasteiger partial charge in [0, 0.05) is 0 Å². The number of nitrogens with one attached hydrogen (secondary N) is 1. The first kappa shape index (κ1) is 14.3. The summed E-state index contributed by atoms with van der Waals surface area (Å²) in [5.74, 6) is -2.95. The van der Waals surface area contributed by atoms with Crippen LogP contribution in [0.5, 0.6) is 0 Å². The highest BCUT2D eigenvalue weighted by Crippen LogP contribution is 2.13. The lowest BCUT2D eigenvalue weighted by Crippen LogP contribution is -2.46.